The Morgan fingerprint density at radius 3 is 2.71 bits per heavy atom. The Morgan fingerprint density at radius 2 is 2.21 bits per heavy atom. The first kappa shape index (κ1) is 9.21. The highest BCUT2D eigenvalue weighted by Gasteiger charge is 2.41. The van der Waals surface area contributed by atoms with Gasteiger partial charge in [0, 0.05) is 11.1 Å². The fourth-order valence-electron chi connectivity index (χ4n) is 1.62. The van der Waals surface area contributed by atoms with Gasteiger partial charge in [0.2, 0.25) is 0 Å². The Bertz CT molecular complexity index is 370. The lowest BCUT2D eigenvalue weighted by molar-refractivity contribution is 0.112. The standard InChI is InChI=1S/C11H13NO2/c1-14-9-2-3-10(8(6-9)7-13)11(12)4-5-11/h2-3,6-7H,4-5,12H2,1H3. The van der Waals surface area contributed by atoms with E-state index in [0.717, 1.165) is 24.7 Å². The lowest BCUT2D eigenvalue weighted by atomic mass is 9.99. The van der Waals surface area contributed by atoms with Crippen molar-refractivity contribution >= 4 is 6.29 Å². The minimum absolute atomic E-state index is 0.261. The molecule has 0 radical (unpaired) electrons. The normalized spacial score (nSPS) is 17.6. The van der Waals surface area contributed by atoms with Gasteiger partial charge < -0.3 is 10.5 Å². The van der Waals surface area contributed by atoms with E-state index in [4.69, 9.17) is 10.5 Å². The zero-order chi connectivity index (χ0) is 10.2. The van der Waals surface area contributed by atoms with Crippen molar-refractivity contribution in [3.05, 3.63) is 29.3 Å². The van der Waals surface area contributed by atoms with Crippen LogP contribution in [-0.2, 0) is 5.54 Å². The molecule has 74 valence electrons. The van der Waals surface area contributed by atoms with Gasteiger partial charge in [-0.25, -0.2) is 0 Å². The maximum atomic E-state index is 10.9. The van der Waals surface area contributed by atoms with E-state index in [2.05, 4.69) is 0 Å². The summed E-state index contributed by atoms with van der Waals surface area (Å²) in [5.74, 6) is 0.695. The van der Waals surface area contributed by atoms with E-state index < -0.39 is 0 Å². The summed E-state index contributed by atoms with van der Waals surface area (Å²) in [5, 5.41) is 0. The molecule has 1 aromatic rings. The molecule has 2 N–H and O–H groups in total. The molecule has 0 unspecified atom stereocenters. The van der Waals surface area contributed by atoms with Crippen molar-refractivity contribution in [1.82, 2.24) is 0 Å². The fourth-order valence-corrected chi connectivity index (χ4v) is 1.62. The average Bonchev–Trinajstić information content (AvgIpc) is 2.96. The summed E-state index contributed by atoms with van der Waals surface area (Å²) in [6.45, 7) is 0. The Morgan fingerprint density at radius 1 is 1.50 bits per heavy atom. The lowest BCUT2D eigenvalue weighted by Crippen LogP contribution is -2.20. The van der Waals surface area contributed by atoms with Crippen LogP contribution in [0.1, 0.15) is 28.8 Å². The Hall–Kier alpha value is -1.35. The van der Waals surface area contributed by atoms with Crippen LogP contribution >= 0.6 is 0 Å². The number of carbonyl (C=O) groups excluding carboxylic acids is 1. The molecule has 0 aromatic heterocycles. The summed E-state index contributed by atoms with van der Waals surface area (Å²) in [5.41, 5.74) is 7.36. The molecule has 1 saturated carbocycles. The monoisotopic (exact) mass is 191 g/mol. The van der Waals surface area contributed by atoms with Gasteiger partial charge in [-0.3, -0.25) is 4.79 Å². The quantitative estimate of drug-likeness (QED) is 0.736. The second kappa shape index (κ2) is 3.10. The lowest BCUT2D eigenvalue weighted by Gasteiger charge is -2.12. The van der Waals surface area contributed by atoms with Crippen molar-refractivity contribution in [2.45, 2.75) is 18.4 Å². The molecule has 1 aliphatic rings. The first-order valence-electron chi connectivity index (χ1n) is 4.62. The van der Waals surface area contributed by atoms with Gasteiger partial charge >= 0.3 is 0 Å². The smallest absolute Gasteiger partial charge is 0.150 e. The zero-order valence-corrected chi connectivity index (χ0v) is 8.12. The highest BCUT2D eigenvalue weighted by Crippen LogP contribution is 2.44. The summed E-state index contributed by atoms with van der Waals surface area (Å²) in [6, 6.07) is 5.46. The molecular weight excluding hydrogens is 178 g/mol. The fraction of sp³-hybridized carbons (Fsp3) is 0.364. The predicted molar refractivity (Wildman–Crippen MR) is 53.5 cm³/mol. The molecule has 0 heterocycles. The summed E-state index contributed by atoms with van der Waals surface area (Å²) < 4.78 is 5.05. The molecule has 14 heavy (non-hydrogen) atoms. The van der Waals surface area contributed by atoms with Crippen molar-refractivity contribution in [3.8, 4) is 5.75 Å². The topological polar surface area (TPSA) is 52.3 Å². The van der Waals surface area contributed by atoms with Crippen LogP contribution in [0.5, 0.6) is 5.75 Å². The van der Waals surface area contributed by atoms with E-state index in [0.29, 0.717) is 11.3 Å². The van der Waals surface area contributed by atoms with Crippen LogP contribution in [0.15, 0.2) is 18.2 Å². The molecule has 1 aliphatic carbocycles. The molecule has 0 bridgehead atoms. The Kier molecular flexibility index (Phi) is 2.04. The highest BCUT2D eigenvalue weighted by molar-refractivity contribution is 5.79. The molecule has 3 nitrogen and oxygen atoms in total. The average molecular weight is 191 g/mol. The van der Waals surface area contributed by atoms with E-state index in [9.17, 15) is 4.79 Å². The second-order valence-corrected chi connectivity index (χ2v) is 3.73. The molecule has 0 spiro atoms. The third kappa shape index (κ3) is 1.40. The number of nitrogens with two attached hydrogens (primary N) is 1. The van der Waals surface area contributed by atoms with Crippen LogP contribution in [0, 0.1) is 0 Å². The van der Waals surface area contributed by atoms with Crippen LogP contribution in [-0.4, -0.2) is 13.4 Å². The maximum Gasteiger partial charge on any atom is 0.150 e. The summed E-state index contributed by atoms with van der Waals surface area (Å²) in [7, 11) is 1.58. The van der Waals surface area contributed by atoms with Gasteiger partial charge in [-0.05, 0) is 30.5 Å². The number of benzene rings is 1. The Balaban J connectivity index is 2.45. The first-order valence-corrected chi connectivity index (χ1v) is 4.62. The number of hydrogen-bond acceptors (Lipinski definition) is 3. The molecule has 1 aromatic carbocycles. The number of rotatable bonds is 3. The van der Waals surface area contributed by atoms with Crippen LogP contribution in [0.3, 0.4) is 0 Å². The SMILES string of the molecule is COc1ccc(C2(N)CC2)c(C=O)c1. The van der Waals surface area contributed by atoms with E-state index in [1.54, 1.807) is 13.2 Å². The third-order valence-electron chi connectivity index (χ3n) is 2.71. The Labute approximate surface area is 82.9 Å². The molecule has 1 fully saturated rings. The van der Waals surface area contributed by atoms with E-state index >= 15 is 0 Å². The van der Waals surface area contributed by atoms with Crippen molar-refractivity contribution in [2.75, 3.05) is 7.11 Å². The number of methoxy groups -OCH3 is 1. The van der Waals surface area contributed by atoms with Crippen LogP contribution < -0.4 is 10.5 Å². The largest absolute Gasteiger partial charge is 0.497 e. The van der Waals surface area contributed by atoms with Crippen molar-refractivity contribution in [1.29, 1.82) is 0 Å². The molecule has 0 amide bonds. The first-order chi connectivity index (χ1) is 6.69. The molecule has 2 rings (SSSR count). The minimum Gasteiger partial charge on any atom is -0.497 e. The van der Waals surface area contributed by atoms with Crippen LogP contribution in [0.4, 0.5) is 0 Å². The van der Waals surface area contributed by atoms with Crippen molar-refractivity contribution < 1.29 is 9.53 Å². The van der Waals surface area contributed by atoms with Gasteiger partial charge in [-0.15, -0.1) is 0 Å². The molecule has 3 heteroatoms. The van der Waals surface area contributed by atoms with Crippen LogP contribution in [0.25, 0.3) is 0 Å². The number of ether oxygens (including phenoxy) is 1. The molecule has 0 atom stereocenters. The van der Waals surface area contributed by atoms with Crippen molar-refractivity contribution in [2.24, 2.45) is 5.73 Å². The maximum absolute atomic E-state index is 10.9. The second-order valence-electron chi connectivity index (χ2n) is 3.73. The van der Waals surface area contributed by atoms with E-state index in [-0.39, 0.29) is 5.54 Å². The van der Waals surface area contributed by atoms with Gasteiger partial charge in [0.15, 0.2) is 6.29 Å². The van der Waals surface area contributed by atoms with Gasteiger partial charge in [-0.1, -0.05) is 6.07 Å². The number of aldehydes is 1. The third-order valence-corrected chi connectivity index (χ3v) is 2.71. The summed E-state index contributed by atoms with van der Waals surface area (Å²) >= 11 is 0. The van der Waals surface area contributed by atoms with Crippen molar-refractivity contribution in [3.63, 3.8) is 0 Å². The molecular formula is C11H13NO2. The number of hydrogen-bond donors (Lipinski definition) is 1. The molecule has 0 saturated heterocycles. The van der Waals surface area contributed by atoms with E-state index in [1.807, 2.05) is 12.1 Å². The molecule has 0 aliphatic heterocycles. The predicted octanol–water partition coefficient (Wildman–Crippen LogP) is 1.46. The zero-order valence-electron chi connectivity index (χ0n) is 8.12. The minimum atomic E-state index is -0.261. The summed E-state index contributed by atoms with van der Waals surface area (Å²) in [6.07, 6.45) is 2.76. The number of carbonyl (C=O) groups is 1. The highest BCUT2D eigenvalue weighted by atomic mass is 16.5. The summed E-state index contributed by atoms with van der Waals surface area (Å²) in [4.78, 5) is 10.9. The van der Waals surface area contributed by atoms with Gasteiger partial charge in [0.05, 0.1) is 7.11 Å². The van der Waals surface area contributed by atoms with Gasteiger partial charge in [-0.2, -0.15) is 0 Å². The van der Waals surface area contributed by atoms with Gasteiger partial charge in [0.25, 0.3) is 0 Å². The van der Waals surface area contributed by atoms with Gasteiger partial charge in [0.1, 0.15) is 5.75 Å². The van der Waals surface area contributed by atoms with E-state index in [1.165, 1.54) is 0 Å². The van der Waals surface area contributed by atoms with Crippen LogP contribution in [0.2, 0.25) is 0 Å².